The Morgan fingerprint density at radius 3 is 2.32 bits per heavy atom. The minimum absolute atomic E-state index is 0.0541. The van der Waals surface area contributed by atoms with Crippen molar-refractivity contribution in [3.63, 3.8) is 0 Å². The Bertz CT molecular complexity index is 809. The maximum atomic E-state index is 12.3. The average Bonchev–Trinajstić information content (AvgIpc) is 3.10. The van der Waals surface area contributed by atoms with Crippen molar-refractivity contribution in [2.75, 3.05) is 0 Å². The van der Waals surface area contributed by atoms with Gasteiger partial charge in [0.1, 0.15) is 12.2 Å². The van der Waals surface area contributed by atoms with Crippen LogP contribution in [0.1, 0.15) is 98.8 Å². The zero-order valence-electron chi connectivity index (χ0n) is 21.6. The van der Waals surface area contributed by atoms with Gasteiger partial charge < -0.3 is 19.4 Å². The molecule has 0 aliphatic heterocycles. The molecular formula is C28H43O6-. The highest BCUT2D eigenvalue weighted by atomic mass is 16.5. The van der Waals surface area contributed by atoms with E-state index in [1.807, 2.05) is 0 Å². The minimum Gasteiger partial charge on any atom is -0.550 e. The van der Waals surface area contributed by atoms with Crippen LogP contribution in [0.25, 0.3) is 0 Å². The molecule has 4 saturated carbocycles. The third-order valence-corrected chi connectivity index (χ3v) is 10.8. The molecule has 6 heteroatoms. The summed E-state index contributed by atoms with van der Waals surface area (Å²) >= 11 is 0. The molecule has 4 rings (SSSR count). The average molecular weight is 476 g/mol. The summed E-state index contributed by atoms with van der Waals surface area (Å²) in [6, 6.07) is 0. The van der Waals surface area contributed by atoms with Crippen LogP contribution in [-0.2, 0) is 23.9 Å². The molecule has 10 atom stereocenters. The lowest BCUT2D eigenvalue weighted by molar-refractivity contribution is -0.306. The van der Waals surface area contributed by atoms with Gasteiger partial charge in [0.2, 0.25) is 0 Å². The number of ether oxygens (including phenoxy) is 2. The van der Waals surface area contributed by atoms with Crippen LogP contribution in [0.5, 0.6) is 0 Å². The van der Waals surface area contributed by atoms with E-state index >= 15 is 0 Å². The van der Waals surface area contributed by atoms with E-state index in [1.54, 1.807) is 0 Å². The molecule has 1 unspecified atom stereocenters. The molecule has 0 N–H and O–H groups in total. The van der Waals surface area contributed by atoms with Crippen LogP contribution in [0.2, 0.25) is 0 Å². The number of carboxylic acid groups (broad SMARTS) is 1. The molecule has 6 nitrogen and oxygen atoms in total. The van der Waals surface area contributed by atoms with Crippen molar-refractivity contribution in [2.45, 2.75) is 111 Å². The summed E-state index contributed by atoms with van der Waals surface area (Å²) in [6.07, 6.45) is 8.93. The van der Waals surface area contributed by atoms with E-state index < -0.39 is 5.97 Å². The molecule has 0 saturated heterocycles. The number of aliphatic carboxylic acids is 1. The highest BCUT2D eigenvalue weighted by Gasteiger charge is 2.67. The van der Waals surface area contributed by atoms with Gasteiger partial charge in [0.25, 0.3) is 0 Å². The number of fused-ring (bicyclic) bond motifs is 5. The number of carboxylic acids is 1. The maximum absolute atomic E-state index is 12.3. The van der Waals surface area contributed by atoms with Crippen LogP contribution >= 0.6 is 0 Å². The van der Waals surface area contributed by atoms with Gasteiger partial charge in [0, 0.05) is 31.1 Å². The van der Waals surface area contributed by atoms with E-state index in [-0.39, 0.29) is 65.1 Å². The van der Waals surface area contributed by atoms with Gasteiger partial charge in [-0.2, -0.15) is 0 Å². The van der Waals surface area contributed by atoms with Gasteiger partial charge >= 0.3 is 11.9 Å². The van der Waals surface area contributed by atoms with Crippen LogP contribution < -0.4 is 5.11 Å². The summed E-state index contributed by atoms with van der Waals surface area (Å²) in [5.74, 6) is 0.439. The summed E-state index contributed by atoms with van der Waals surface area (Å²) in [5.41, 5.74) is -0.0770. The number of rotatable bonds is 6. The Balaban J connectivity index is 1.73. The van der Waals surface area contributed by atoms with E-state index in [1.165, 1.54) is 39.5 Å². The monoisotopic (exact) mass is 475 g/mol. The van der Waals surface area contributed by atoms with E-state index in [0.717, 1.165) is 25.7 Å². The second-order valence-electron chi connectivity index (χ2n) is 12.4. The summed E-state index contributed by atoms with van der Waals surface area (Å²) in [5, 5.41) is 11.2. The van der Waals surface area contributed by atoms with Crippen molar-refractivity contribution in [2.24, 2.45) is 46.3 Å². The highest BCUT2D eigenvalue weighted by Crippen LogP contribution is 2.69. The Morgan fingerprint density at radius 1 is 0.971 bits per heavy atom. The van der Waals surface area contributed by atoms with E-state index in [4.69, 9.17) is 9.47 Å². The Morgan fingerprint density at radius 2 is 1.68 bits per heavy atom. The first-order valence-electron chi connectivity index (χ1n) is 13.5. The minimum atomic E-state index is -1.01. The van der Waals surface area contributed by atoms with Gasteiger partial charge in [-0.05, 0) is 86.4 Å². The van der Waals surface area contributed by atoms with Crippen LogP contribution in [-0.4, -0.2) is 30.1 Å². The van der Waals surface area contributed by atoms with Crippen LogP contribution in [0.15, 0.2) is 0 Å². The third kappa shape index (κ3) is 4.28. The van der Waals surface area contributed by atoms with Gasteiger partial charge in [0.05, 0.1) is 0 Å². The largest absolute Gasteiger partial charge is 0.550 e. The van der Waals surface area contributed by atoms with Crippen molar-refractivity contribution in [3.05, 3.63) is 0 Å². The van der Waals surface area contributed by atoms with Crippen molar-refractivity contribution < 1.29 is 29.0 Å². The van der Waals surface area contributed by atoms with Gasteiger partial charge in [0.15, 0.2) is 0 Å². The van der Waals surface area contributed by atoms with Crippen LogP contribution in [0, 0.1) is 46.3 Å². The van der Waals surface area contributed by atoms with Gasteiger partial charge in [-0.3, -0.25) is 9.59 Å². The standard InChI is InChI=1S/C28H44O6/c1-16(9-12-25(31)32)20-10-11-21-26-22(15-24(28(20,21)5)34-18(3)30)27(4)13-7-6-8-19(27)14-23(26)33-17(2)29/h16,19-24,26H,6-15H2,1-5H3,(H,31,32)/p-1/t16-,19+,20?,21+,22+,23-,24+,26+,27+,28-/m1/s1. The first kappa shape index (κ1) is 25.5. The van der Waals surface area contributed by atoms with Crippen molar-refractivity contribution in [1.29, 1.82) is 0 Å². The fourth-order valence-corrected chi connectivity index (χ4v) is 9.39. The lowest BCUT2D eigenvalue weighted by Crippen LogP contribution is -2.63. The zero-order chi connectivity index (χ0) is 24.8. The Labute approximate surface area is 204 Å². The second-order valence-corrected chi connectivity index (χ2v) is 12.4. The summed E-state index contributed by atoms with van der Waals surface area (Å²) in [6.45, 7) is 9.88. The Kier molecular flexibility index (Phi) is 7.10. The van der Waals surface area contributed by atoms with Crippen molar-refractivity contribution in [1.82, 2.24) is 0 Å². The second kappa shape index (κ2) is 9.46. The van der Waals surface area contributed by atoms with Crippen LogP contribution in [0.4, 0.5) is 0 Å². The molecular weight excluding hydrogens is 432 g/mol. The molecule has 192 valence electrons. The summed E-state index contributed by atoms with van der Waals surface area (Å²) in [7, 11) is 0. The molecule has 0 heterocycles. The van der Waals surface area contributed by atoms with Crippen LogP contribution in [0.3, 0.4) is 0 Å². The predicted octanol–water partition coefficient (Wildman–Crippen LogP) is 4.28. The molecule has 0 aromatic rings. The SMILES string of the molecule is CC(=O)O[C@H]1C[C@H]2[C@@H]([C@H](OC(C)=O)C[C@@H]3CCCC[C@@]32C)[C@@H]2CCC([C@H](C)CCC(=O)[O-])[C@@]12C. The van der Waals surface area contributed by atoms with E-state index in [9.17, 15) is 19.5 Å². The molecule has 0 spiro atoms. The topological polar surface area (TPSA) is 92.7 Å². The molecule has 4 fully saturated rings. The van der Waals surface area contributed by atoms with Gasteiger partial charge in [-0.15, -0.1) is 0 Å². The van der Waals surface area contributed by atoms with E-state index in [2.05, 4.69) is 20.8 Å². The summed E-state index contributed by atoms with van der Waals surface area (Å²) < 4.78 is 12.2. The number of hydrogen-bond acceptors (Lipinski definition) is 6. The molecule has 0 aromatic carbocycles. The highest BCUT2D eigenvalue weighted by molar-refractivity contribution is 5.66. The lowest BCUT2D eigenvalue weighted by atomic mass is 9.43. The molecule has 4 aliphatic rings. The molecule has 4 aliphatic carbocycles. The zero-order valence-corrected chi connectivity index (χ0v) is 21.6. The first-order chi connectivity index (χ1) is 16.0. The normalized spacial score (nSPS) is 44.2. The number of carbonyl (C=O) groups is 3. The summed E-state index contributed by atoms with van der Waals surface area (Å²) in [4.78, 5) is 35.6. The molecule has 0 aromatic heterocycles. The van der Waals surface area contributed by atoms with Crippen molar-refractivity contribution in [3.8, 4) is 0 Å². The van der Waals surface area contributed by atoms with E-state index in [0.29, 0.717) is 18.3 Å². The molecule has 34 heavy (non-hydrogen) atoms. The lowest BCUT2D eigenvalue weighted by Gasteiger charge is -2.63. The van der Waals surface area contributed by atoms with Gasteiger partial charge in [-0.1, -0.05) is 33.6 Å². The van der Waals surface area contributed by atoms with Crippen molar-refractivity contribution >= 4 is 17.9 Å². The van der Waals surface area contributed by atoms with Gasteiger partial charge in [-0.25, -0.2) is 0 Å². The Hall–Kier alpha value is -1.59. The molecule has 0 bridgehead atoms. The maximum Gasteiger partial charge on any atom is 0.302 e. The molecule has 0 amide bonds. The first-order valence-corrected chi connectivity index (χ1v) is 13.5. The number of hydrogen-bond donors (Lipinski definition) is 0. The fraction of sp³-hybridized carbons (Fsp3) is 0.893. The number of carbonyl (C=O) groups excluding carboxylic acids is 3. The molecule has 0 radical (unpaired) electrons. The quantitative estimate of drug-likeness (QED) is 0.532. The third-order valence-electron chi connectivity index (χ3n) is 10.8. The smallest absolute Gasteiger partial charge is 0.302 e. The number of esters is 2. The fourth-order valence-electron chi connectivity index (χ4n) is 9.39. The predicted molar refractivity (Wildman–Crippen MR) is 125 cm³/mol.